The molecule has 98 valence electrons. The minimum Gasteiger partial charge on any atom is -0.477 e. The first kappa shape index (κ1) is 14.3. The number of aromatic nitrogens is 1. The van der Waals surface area contributed by atoms with E-state index in [1.165, 1.54) is 0 Å². The zero-order valence-corrected chi connectivity index (χ0v) is 11.5. The lowest BCUT2D eigenvalue weighted by atomic mass is 10.1. The second-order valence-corrected chi connectivity index (χ2v) is 4.00. The molecule has 1 aromatic heterocycles. The summed E-state index contributed by atoms with van der Waals surface area (Å²) < 4.78 is 1.83. The second-order valence-electron chi connectivity index (χ2n) is 4.00. The van der Waals surface area contributed by atoms with Gasteiger partial charge in [0.25, 0.3) is 0 Å². The van der Waals surface area contributed by atoms with E-state index in [4.69, 9.17) is 5.11 Å². The van der Waals surface area contributed by atoms with E-state index < -0.39 is 5.97 Å². The van der Waals surface area contributed by atoms with Gasteiger partial charge >= 0.3 is 5.97 Å². The summed E-state index contributed by atoms with van der Waals surface area (Å²) in [4.78, 5) is 11.1. The minimum absolute atomic E-state index is 0.340. The van der Waals surface area contributed by atoms with E-state index in [2.05, 4.69) is 19.1 Å². The van der Waals surface area contributed by atoms with Gasteiger partial charge in [-0.15, -0.1) is 0 Å². The maximum Gasteiger partial charge on any atom is 0.352 e. The standard InChI is InChI=1S/C13H15NO2.C2H6/c1-3-14-11-6-4-5-9(2)7-10(11)8-12(14)13(15)16;1-2/h4-9H,3H2,1-2H3,(H,15,16);1-2H3. The highest BCUT2D eigenvalue weighted by molar-refractivity contribution is 5.86. The van der Waals surface area contributed by atoms with Gasteiger partial charge in [-0.2, -0.15) is 0 Å². The van der Waals surface area contributed by atoms with E-state index in [0.29, 0.717) is 18.2 Å². The molecule has 0 spiro atoms. The van der Waals surface area contributed by atoms with Gasteiger partial charge in [0.05, 0.1) is 0 Å². The van der Waals surface area contributed by atoms with E-state index in [1.54, 1.807) is 6.07 Å². The van der Waals surface area contributed by atoms with Crippen molar-refractivity contribution in [3.63, 3.8) is 0 Å². The summed E-state index contributed by atoms with van der Waals surface area (Å²) in [6, 6.07) is 1.75. The van der Waals surface area contributed by atoms with E-state index in [0.717, 1.165) is 10.6 Å². The number of hydrogen-bond donors (Lipinski definition) is 1. The van der Waals surface area contributed by atoms with E-state index >= 15 is 0 Å². The lowest BCUT2D eigenvalue weighted by Gasteiger charge is -2.01. The Morgan fingerprint density at radius 2 is 2.11 bits per heavy atom. The Morgan fingerprint density at radius 1 is 1.44 bits per heavy atom. The van der Waals surface area contributed by atoms with Gasteiger partial charge < -0.3 is 9.67 Å². The summed E-state index contributed by atoms with van der Waals surface area (Å²) in [5, 5.41) is 11.1. The molecule has 0 bridgehead atoms. The largest absolute Gasteiger partial charge is 0.477 e. The van der Waals surface area contributed by atoms with Crippen molar-refractivity contribution in [1.82, 2.24) is 4.57 Å². The number of allylic oxidation sites excluding steroid dienone is 2. The van der Waals surface area contributed by atoms with Gasteiger partial charge in [0, 0.05) is 11.9 Å². The van der Waals surface area contributed by atoms with Gasteiger partial charge in [-0.1, -0.05) is 39.0 Å². The van der Waals surface area contributed by atoms with Crippen molar-refractivity contribution in [2.45, 2.75) is 34.2 Å². The summed E-state index contributed by atoms with van der Waals surface area (Å²) >= 11 is 0. The Hall–Kier alpha value is -1.77. The molecule has 0 radical (unpaired) electrons. The van der Waals surface area contributed by atoms with Crippen LogP contribution in [0.5, 0.6) is 0 Å². The van der Waals surface area contributed by atoms with Gasteiger partial charge in [-0.05, 0) is 30.2 Å². The predicted octanol–water partition coefficient (Wildman–Crippen LogP) is 2.00. The highest BCUT2D eigenvalue weighted by Crippen LogP contribution is 2.02. The fourth-order valence-electron chi connectivity index (χ4n) is 2.08. The van der Waals surface area contributed by atoms with Crippen LogP contribution in [0.15, 0.2) is 18.2 Å². The van der Waals surface area contributed by atoms with Crippen LogP contribution in [0.4, 0.5) is 0 Å². The van der Waals surface area contributed by atoms with Crippen molar-refractivity contribution in [2.75, 3.05) is 0 Å². The van der Waals surface area contributed by atoms with Crippen molar-refractivity contribution in [2.24, 2.45) is 5.92 Å². The molecule has 0 saturated carbocycles. The SMILES string of the molecule is CC.CCn1c(C(=O)O)cc2c1=CC=CC(C)C=2. The average molecular weight is 247 g/mol. The number of carbonyl (C=O) groups is 1. The van der Waals surface area contributed by atoms with Crippen molar-refractivity contribution in [3.05, 3.63) is 34.5 Å². The smallest absolute Gasteiger partial charge is 0.352 e. The molecule has 1 aliphatic carbocycles. The molecule has 3 nitrogen and oxygen atoms in total. The fourth-order valence-corrected chi connectivity index (χ4v) is 2.08. The summed E-state index contributed by atoms with van der Waals surface area (Å²) in [5.41, 5.74) is 0.363. The lowest BCUT2D eigenvalue weighted by Crippen LogP contribution is -2.29. The maximum atomic E-state index is 11.1. The number of carboxylic acid groups (broad SMARTS) is 1. The molecule has 3 heteroatoms. The van der Waals surface area contributed by atoms with Crippen LogP contribution >= 0.6 is 0 Å². The molecule has 0 saturated heterocycles. The molecule has 2 rings (SSSR count). The third kappa shape index (κ3) is 2.73. The first-order valence-corrected chi connectivity index (χ1v) is 6.46. The van der Waals surface area contributed by atoms with E-state index in [9.17, 15) is 4.79 Å². The molecular formula is C15H21NO2. The summed E-state index contributed by atoms with van der Waals surface area (Å²) in [7, 11) is 0. The van der Waals surface area contributed by atoms with Crippen LogP contribution in [-0.2, 0) is 6.54 Å². The Kier molecular flexibility index (Phi) is 4.95. The predicted molar refractivity (Wildman–Crippen MR) is 74.9 cm³/mol. The molecule has 0 aliphatic heterocycles. The molecule has 0 amide bonds. The van der Waals surface area contributed by atoms with E-state index in [-0.39, 0.29) is 0 Å². The van der Waals surface area contributed by atoms with Gasteiger partial charge in [0.15, 0.2) is 0 Å². The first-order valence-electron chi connectivity index (χ1n) is 6.46. The molecule has 18 heavy (non-hydrogen) atoms. The topological polar surface area (TPSA) is 42.2 Å². The minimum atomic E-state index is -0.867. The number of rotatable bonds is 2. The van der Waals surface area contributed by atoms with Crippen LogP contribution in [0.2, 0.25) is 0 Å². The third-order valence-corrected chi connectivity index (χ3v) is 2.82. The Bertz CT molecular complexity index is 564. The maximum absolute atomic E-state index is 11.1. The van der Waals surface area contributed by atoms with Crippen molar-refractivity contribution >= 4 is 18.1 Å². The number of carboxylic acids is 1. The van der Waals surface area contributed by atoms with Crippen LogP contribution in [0.3, 0.4) is 0 Å². The van der Waals surface area contributed by atoms with Crippen LogP contribution < -0.4 is 10.6 Å². The van der Waals surface area contributed by atoms with Crippen molar-refractivity contribution in [3.8, 4) is 0 Å². The van der Waals surface area contributed by atoms with Gasteiger partial charge in [0.1, 0.15) is 5.69 Å². The summed E-state index contributed by atoms with van der Waals surface area (Å²) in [5.74, 6) is -0.528. The zero-order chi connectivity index (χ0) is 13.7. The zero-order valence-electron chi connectivity index (χ0n) is 11.5. The Morgan fingerprint density at radius 3 is 2.67 bits per heavy atom. The van der Waals surface area contributed by atoms with Gasteiger partial charge in [0.2, 0.25) is 0 Å². The number of aromatic carboxylic acids is 1. The van der Waals surface area contributed by atoms with Crippen LogP contribution in [0.1, 0.15) is 38.2 Å². The molecule has 1 aliphatic rings. The number of fused-ring (bicyclic) bond motifs is 1. The number of hydrogen-bond acceptors (Lipinski definition) is 1. The van der Waals surface area contributed by atoms with Gasteiger partial charge in [-0.3, -0.25) is 0 Å². The molecule has 0 aromatic carbocycles. The summed E-state index contributed by atoms with van der Waals surface area (Å²) in [6.07, 6.45) is 8.16. The monoisotopic (exact) mass is 247 g/mol. The summed E-state index contributed by atoms with van der Waals surface area (Å²) in [6.45, 7) is 8.71. The van der Waals surface area contributed by atoms with Crippen molar-refractivity contribution < 1.29 is 9.90 Å². The molecule has 1 heterocycles. The second kappa shape index (κ2) is 6.24. The third-order valence-electron chi connectivity index (χ3n) is 2.82. The molecule has 1 N–H and O–H groups in total. The van der Waals surface area contributed by atoms with Gasteiger partial charge in [-0.25, -0.2) is 4.79 Å². The molecule has 1 atom stereocenters. The lowest BCUT2D eigenvalue weighted by molar-refractivity contribution is 0.0685. The molecular weight excluding hydrogens is 226 g/mol. The molecule has 0 fully saturated rings. The van der Waals surface area contributed by atoms with Crippen LogP contribution in [-0.4, -0.2) is 15.6 Å². The van der Waals surface area contributed by atoms with Crippen LogP contribution in [0, 0.1) is 5.92 Å². The Balaban J connectivity index is 0.000000771. The molecule has 1 aromatic rings. The highest BCUT2D eigenvalue weighted by Gasteiger charge is 2.11. The normalized spacial score (nSPS) is 16.6. The average Bonchev–Trinajstić information content (AvgIpc) is 2.60. The quantitative estimate of drug-likeness (QED) is 0.868. The number of nitrogens with zero attached hydrogens (tertiary/aromatic N) is 1. The van der Waals surface area contributed by atoms with Crippen molar-refractivity contribution in [1.29, 1.82) is 0 Å². The highest BCUT2D eigenvalue weighted by atomic mass is 16.4. The molecule has 1 unspecified atom stereocenters. The fraction of sp³-hybridized carbons (Fsp3) is 0.400. The van der Waals surface area contributed by atoms with E-state index in [1.807, 2.05) is 37.5 Å². The Labute approximate surface area is 108 Å². The van der Waals surface area contributed by atoms with Crippen LogP contribution in [0.25, 0.3) is 12.2 Å². The first-order chi connectivity index (χ1) is 8.63.